The highest BCUT2D eigenvalue weighted by atomic mass is 79.9. The van der Waals surface area contributed by atoms with Crippen molar-refractivity contribution in [3.05, 3.63) is 45.9 Å². The molecule has 0 N–H and O–H groups in total. The van der Waals surface area contributed by atoms with Crippen molar-refractivity contribution >= 4 is 15.9 Å². The van der Waals surface area contributed by atoms with E-state index in [-0.39, 0.29) is 25.6 Å². The van der Waals surface area contributed by atoms with Gasteiger partial charge in [-0.05, 0) is 29.8 Å². The van der Waals surface area contributed by atoms with Gasteiger partial charge in [0.1, 0.15) is 12.9 Å². The fourth-order valence-corrected chi connectivity index (χ4v) is 3.81. The Morgan fingerprint density at radius 2 is 1.66 bits per heavy atom. The monoisotopic (exact) mass is 468 g/mol. The first-order valence-corrected chi connectivity index (χ1v) is 9.82. The van der Waals surface area contributed by atoms with Gasteiger partial charge < -0.3 is 33.2 Å². The minimum atomic E-state index is -0.282. The molecule has 29 heavy (non-hydrogen) atoms. The molecule has 2 aromatic carbocycles. The average molecular weight is 469 g/mol. The average Bonchev–Trinajstić information content (AvgIpc) is 3.10. The lowest BCUT2D eigenvalue weighted by Gasteiger charge is -2.21. The number of fused-ring (bicyclic) bond motifs is 1. The van der Waals surface area contributed by atoms with Crippen molar-refractivity contribution in [2.75, 3.05) is 48.6 Å². The Kier molecular flexibility index (Phi) is 7.60. The minimum Gasteiger partial charge on any atom is -0.493 e. The summed E-state index contributed by atoms with van der Waals surface area (Å²) in [6.45, 7) is 0.770. The lowest BCUT2D eigenvalue weighted by atomic mass is 9.91. The highest BCUT2D eigenvalue weighted by Crippen LogP contribution is 2.52. The summed E-state index contributed by atoms with van der Waals surface area (Å²) in [5.74, 6) is 2.53. The summed E-state index contributed by atoms with van der Waals surface area (Å²) in [6, 6.07) is 9.63. The molecule has 0 amide bonds. The molecule has 1 aliphatic heterocycles. The number of benzene rings is 2. The lowest BCUT2D eigenvalue weighted by Crippen LogP contribution is -2.16. The normalized spacial score (nSPS) is 17.6. The second-order valence-corrected chi connectivity index (χ2v) is 7.33. The molecular weight excluding hydrogens is 444 g/mol. The third-order valence-corrected chi connectivity index (χ3v) is 5.08. The molecule has 1 aliphatic rings. The second-order valence-electron chi connectivity index (χ2n) is 6.41. The lowest BCUT2D eigenvalue weighted by molar-refractivity contribution is -0.0419. The van der Waals surface area contributed by atoms with Crippen molar-refractivity contribution in [1.29, 1.82) is 0 Å². The summed E-state index contributed by atoms with van der Waals surface area (Å²) < 4.78 is 39.6. The van der Waals surface area contributed by atoms with E-state index < -0.39 is 0 Å². The number of methoxy groups -OCH3 is 4. The van der Waals surface area contributed by atoms with Crippen LogP contribution >= 0.6 is 15.9 Å². The van der Waals surface area contributed by atoms with Crippen LogP contribution in [-0.4, -0.2) is 48.6 Å². The SMILES string of the molecule is COCOC[C@@H]1c2cc(Br)cc(OC)c2O[C@H]1c1ccc(OCOC)c(OC)c1. The fourth-order valence-electron chi connectivity index (χ4n) is 3.35. The Hall–Kier alpha value is -2.00. The molecule has 0 aromatic heterocycles. The van der Waals surface area contributed by atoms with E-state index in [9.17, 15) is 0 Å². The topological polar surface area (TPSA) is 64.6 Å². The van der Waals surface area contributed by atoms with Gasteiger partial charge in [0.2, 0.25) is 0 Å². The summed E-state index contributed by atoms with van der Waals surface area (Å²) in [5.41, 5.74) is 1.95. The van der Waals surface area contributed by atoms with Crippen LogP contribution in [0.5, 0.6) is 23.0 Å². The third-order valence-electron chi connectivity index (χ3n) is 4.63. The molecule has 0 saturated heterocycles. The van der Waals surface area contributed by atoms with E-state index in [1.165, 1.54) is 0 Å². The summed E-state index contributed by atoms with van der Waals surface area (Å²) in [5, 5.41) is 0. The Balaban J connectivity index is 1.96. The van der Waals surface area contributed by atoms with Crippen molar-refractivity contribution in [2.24, 2.45) is 0 Å². The maximum Gasteiger partial charge on any atom is 0.188 e. The largest absolute Gasteiger partial charge is 0.493 e. The molecule has 0 radical (unpaired) electrons. The first-order chi connectivity index (χ1) is 14.1. The first kappa shape index (κ1) is 21.7. The molecule has 158 valence electrons. The Bertz CT molecular complexity index is 827. The van der Waals surface area contributed by atoms with Crippen LogP contribution in [0.2, 0.25) is 0 Å². The van der Waals surface area contributed by atoms with Crippen molar-refractivity contribution in [1.82, 2.24) is 0 Å². The van der Waals surface area contributed by atoms with Crippen LogP contribution in [0.15, 0.2) is 34.8 Å². The smallest absolute Gasteiger partial charge is 0.188 e. The number of hydrogen-bond acceptors (Lipinski definition) is 7. The zero-order valence-corrected chi connectivity index (χ0v) is 18.5. The molecule has 7 nitrogen and oxygen atoms in total. The zero-order valence-electron chi connectivity index (χ0n) is 16.9. The van der Waals surface area contributed by atoms with Crippen LogP contribution in [0.4, 0.5) is 0 Å². The molecule has 1 heterocycles. The van der Waals surface area contributed by atoms with Gasteiger partial charge in [0.05, 0.1) is 26.7 Å². The predicted octanol–water partition coefficient (Wildman–Crippen LogP) is 4.29. The van der Waals surface area contributed by atoms with Gasteiger partial charge in [-0.25, -0.2) is 0 Å². The van der Waals surface area contributed by atoms with E-state index in [0.29, 0.717) is 29.6 Å². The molecule has 3 rings (SSSR count). The van der Waals surface area contributed by atoms with Crippen molar-refractivity contribution in [3.8, 4) is 23.0 Å². The van der Waals surface area contributed by atoms with Gasteiger partial charge in [0.25, 0.3) is 0 Å². The van der Waals surface area contributed by atoms with Crippen molar-refractivity contribution in [3.63, 3.8) is 0 Å². The quantitative estimate of drug-likeness (QED) is 0.380. The Morgan fingerprint density at radius 3 is 2.34 bits per heavy atom. The highest BCUT2D eigenvalue weighted by Gasteiger charge is 2.38. The van der Waals surface area contributed by atoms with Crippen LogP contribution in [0.25, 0.3) is 0 Å². The Labute approximate surface area is 178 Å². The van der Waals surface area contributed by atoms with Gasteiger partial charge in [-0.15, -0.1) is 0 Å². The molecule has 0 aliphatic carbocycles. The van der Waals surface area contributed by atoms with Crippen molar-refractivity contribution < 1.29 is 33.2 Å². The van der Waals surface area contributed by atoms with E-state index in [0.717, 1.165) is 15.6 Å². The molecule has 8 heteroatoms. The molecular formula is C21H25BrO7. The summed E-state index contributed by atoms with van der Waals surface area (Å²) in [6.07, 6.45) is -0.282. The summed E-state index contributed by atoms with van der Waals surface area (Å²) in [7, 11) is 6.39. The molecule has 0 fully saturated rings. The zero-order chi connectivity index (χ0) is 20.8. The van der Waals surface area contributed by atoms with Crippen LogP contribution in [0, 0.1) is 0 Å². The predicted molar refractivity (Wildman–Crippen MR) is 110 cm³/mol. The van der Waals surface area contributed by atoms with Gasteiger partial charge in [-0.2, -0.15) is 0 Å². The number of rotatable bonds is 10. The second kappa shape index (κ2) is 10.2. The molecule has 2 atom stereocenters. The van der Waals surface area contributed by atoms with E-state index in [1.54, 1.807) is 28.4 Å². The standard InChI is InChI=1S/C21H25BrO7/c1-23-11-27-10-16-15-8-14(22)9-19(26-4)21(15)29-20(16)13-5-6-17(28-12-24-2)18(7-13)25-3/h5-9,16,20H,10-12H2,1-4H3/t16-,20+/m1/s1. The third kappa shape index (κ3) is 4.78. The minimum absolute atomic E-state index is 0.0537. The van der Waals surface area contributed by atoms with E-state index >= 15 is 0 Å². The van der Waals surface area contributed by atoms with Gasteiger partial charge in [-0.3, -0.25) is 0 Å². The fraction of sp³-hybridized carbons (Fsp3) is 0.429. The van der Waals surface area contributed by atoms with Crippen LogP contribution < -0.4 is 18.9 Å². The maximum atomic E-state index is 6.35. The van der Waals surface area contributed by atoms with Crippen LogP contribution in [-0.2, 0) is 14.2 Å². The first-order valence-electron chi connectivity index (χ1n) is 9.03. The van der Waals surface area contributed by atoms with Crippen LogP contribution in [0.3, 0.4) is 0 Å². The molecule has 0 spiro atoms. The van der Waals surface area contributed by atoms with Gasteiger partial charge in [0, 0.05) is 24.3 Å². The molecule has 0 bridgehead atoms. The summed E-state index contributed by atoms with van der Waals surface area (Å²) in [4.78, 5) is 0. The van der Waals surface area contributed by atoms with Gasteiger partial charge >= 0.3 is 0 Å². The van der Waals surface area contributed by atoms with Gasteiger partial charge in [0.15, 0.2) is 29.8 Å². The van der Waals surface area contributed by atoms with Crippen LogP contribution in [0.1, 0.15) is 23.1 Å². The van der Waals surface area contributed by atoms with Gasteiger partial charge in [-0.1, -0.05) is 22.0 Å². The maximum absolute atomic E-state index is 6.35. The highest BCUT2D eigenvalue weighted by molar-refractivity contribution is 9.10. The summed E-state index contributed by atoms with van der Waals surface area (Å²) >= 11 is 3.55. The number of hydrogen-bond donors (Lipinski definition) is 0. The molecule has 0 unspecified atom stereocenters. The van der Waals surface area contributed by atoms with E-state index in [2.05, 4.69) is 15.9 Å². The number of halogens is 1. The van der Waals surface area contributed by atoms with Crippen molar-refractivity contribution in [2.45, 2.75) is 12.0 Å². The Morgan fingerprint density at radius 1 is 0.897 bits per heavy atom. The molecule has 0 saturated carbocycles. The van der Waals surface area contributed by atoms with E-state index in [4.69, 9.17) is 33.2 Å². The molecule has 2 aromatic rings. The number of ether oxygens (including phenoxy) is 7. The van der Waals surface area contributed by atoms with E-state index in [1.807, 2.05) is 30.3 Å².